The van der Waals surface area contributed by atoms with Crippen molar-refractivity contribution in [3.63, 3.8) is 0 Å². The zero-order valence-corrected chi connectivity index (χ0v) is 12.1. The molecule has 0 aliphatic carbocycles. The molecule has 1 aromatic rings. The lowest BCUT2D eigenvalue weighted by Crippen LogP contribution is -2.12. The molecule has 0 aliphatic heterocycles. The summed E-state index contributed by atoms with van der Waals surface area (Å²) < 4.78 is 10.6. The molecule has 0 aliphatic rings. The third kappa shape index (κ3) is 5.78. The van der Waals surface area contributed by atoms with Gasteiger partial charge in [-0.15, -0.1) is 0 Å². The molecule has 20 heavy (non-hydrogen) atoms. The topological polar surface area (TPSA) is 55.8 Å². The van der Waals surface area contributed by atoms with Gasteiger partial charge in [-0.2, -0.15) is 0 Å². The van der Waals surface area contributed by atoms with E-state index in [0.29, 0.717) is 13.2 Å². The SMILES string of the molecule is CCCCOC(=O)/C(=C/c1ccc(O)cc1)OCCC. The molecule has 0 saturated carbocycles. The first-order chi connectivity index (χ1) is 9.67. The van der Waals surface area contributed by atoms with Gasteiger partial charge in [0.1, 0.15) is 5.75 Å². The van der Waals surface area contributed by atoms with Crippen LogP contribution in [0.4, 0.5) is 0 Å². The van der Waals surface area contributed by atoms with E-state index in [9.17, 15) is 9.90 Å². The van der Waals surface area contributed by atoms with Crippen LogP contribution in [-0.4, -0.2) is 24.3 Å². The Kier molecular flexibility index (Phi) is 7.25. The van der Waals surface area contributed by atoms with Gasteiger partial charge in [-0.1, -0.05) is 32.4 Å². The van der Waals surface area contributed by atoms with E-state index in [2.05, 4.69) is 0 Å². The highest BCUT2D eigenvalue weighted by molar-refractivity contribution is 5.91. The van der Waals surface area contributed by atoms with E-state index in [0.717, 1.165) is 24.8 Å². The van der Waals surface area contributed by atoms with Crippen LogP contribution in [0.15, 0.2) is 30.0 Å². The number of aromatic hydroxyl groups is 1. The molecule has 0 aromatic heterocycles. The molecule has 0 fully saturated rings. The second-order valence-electron chi connectivity index (χ2n) is 4.44. The summed E-state index contributed by atoms with van der Waals surface area (Å²) in [6, 6.07) is 6.55. The minimum absolute atomic E-state index is 0.184. The van der Waals surface area contributed by atoms with Gasteiger partial charge in [0.25, 0.3) is 0 Å². The summed E-state index contributed by atoms with van der Waals surface area (Å²) in [5, 5.41) is 9.24. The summed E-state index contributed by atoms with van der Waals surface area (Å²) in [5.74, 6) is -0.0580. The Hall–Kier alpha value is -1.97. The molecule has 0 saturated heterocycles. The highest BCUT2D eigenvalue weighted by atomic mass is 16.6. The zero-order chi connectivity index (χ0) is 14.8. The van der Waals surface area contributed by atoms with Crippen LogP contribution in [0.1, 0.15) is 38.7 Å². The molecule has 4 nitrogen and oxygen atoms in total. The largest absolute Gasteiger partial charge is 0.508 e. The van der Waals surface area contributed by atoms with Gasteiger partial charge in [0.2, 0.25) is 5.76 Å². The standard InChI is InChI=1S/C16H22O4/c1-3-5-11-20-16(18)15(19-10-4-2)12-13-6-8-14(17)9-7-13/h6-9,12,17H,3-5,10-11H2,1-2H3/b15-12-. The van der Waals surface area contributed by atoms with E-state index in [-0.39, 0.29) is 11.5 Å². The van der Waals surface area contributed by atoms with E-state index in [1.807, 2.05) is 13.8 Å². The number of phenolic OH excluding ortho intramolecular Hbond substituents is 1. The van der Waals surface area contributed by atoms with Crippen molar-refractivity contribution in [2.45, 2.75) is 33.1 Å². The second kappa shape index (κ2) is 9.02. The van der Waals surface area contributed by atoms with E-state index in [1.165, 1.54) is 0 Å². The fourth-order valence-electron chi connectivity index (χ4n) is 1.47. The Labute approximate surface area is 120 Å². The third-order valence-corrected chi connectivity index (χ3v) is 2.58. The molecular formula is C16H22O4. The summed E-state index contributed by atoms with van der Waals surface area (Å²) in [5.41, 5.74) is 0.779. The summed E-state index contributed by atoms with van der Waals surface area (Å²) in [4.78, 5) is 11.9. The number of benzene rings is 1. The molecule has 0 unspecified atom stereocenters. The summed E-state index contributed by atoms with van der Waals surface area (Å²) in [6.45, 7) is 4.87. The number of ether oxygens (including phenoxy) is 2. The lowest BCUT2D eigenvalue weighted by atomic mass is 10.2. The molecule has 4 heteroatoms. The second-order valence-corrected chi connectivity index (χ2v) is 4.44. The van der Waals surface area contributed by atoms with Crippen molar-refractivity contribution in [3.8, 4) is 5.75 Å². The van der Waals surface area contributed by atoms with E-state index < -0.39 is 5.97 Å². The van der Waals surface area contributed by atoms with Gasteiger partial charge >= 0.3 is 5.97 Å². The molecule has 1 N–H and O–H groups in total. The van der Waals surface area contributed by atoms with Gasteiger partial charge in [-0.25, -0.2) is 4.79 Å². The van der Waals surface area contributed by atoms with Gasteiger partial charge in [-0.3, -0.25) is 0 Å². The van der Waals surface area contributed by atoms with Crippen molar-refractivity contribution in [1.29, 1.82) is 0 Å². The monoisotopic (exact) mass is 278 g/mol. The predicted octanol–water partition coefficient (Wildman–Crippen LogP) is 3.50. The highest BCUT2D eigenvalue weighted by Gasteiger charge is 2.12. The Morgan fingerprint density at radius 2 is 1.80 bits per heavy atom. The summed E-state index contributed by atoms with van der Waals surface area (Å²) in [6.07, 6.45) is 4.25. The van der Waals surface area contributed by atoms with Crippen LogP contribution >= 0.6 is 0 Å². The molecular weight excluding hydrogens is 256 g/mol. The summed E-state index contributed by atoms with van der Waals surface area (Å²) >= 11 is 0. The highest BCUT2D eigenvalue weighted by Crippen LogP contribution is 2.14. The molecule has 1 rings (SSSR count). The van der Waals surface area contributed by atoms with Crippen LogP contribution in [0.3, 0.4) is 0 Å². The van der Waals surface area contributed by atoms with Gasteiger partial charge in [0, 0.05) is 0 Å². The fraction of sp³-hybridized carbons (Fsp3) is 0.438. The molecule has 1 aromatic carbocycles. The van der Waals surface area contributed by atoms with Gasteiger partial charge in [-0.05, 0) is 36.6 Å². The smallest absolute Gasteiger partial charge is 0.373 e. The van der Waals surface area contributed by atoms with Crippen LogP contribution < -0.4 is 0 Å². The van der Waals surface area contributed by atoms with Crippen molar-refractivity contribution < 1.29 is 19.4 Å². The van der Waals surface area contributed by atoms with E-state index in [1.54, 1.807) is 30.3 Å². The maximum absolute atomic E-state index is 11.9. The lowest BCUT2D eigenvalue weighted by Gasteiger charge is -2.09. The van der Waals surface area contributed by atoms with Crippen LogP contribution in [0, 0.1) is 0 Å². The number of carbonyl (C=O) groups is 1. The maximum Gasteiger partial charge on any atom is 0.373 e. The first-order valence-electron chi connectivity index (χ1n) is 6.98. The normalized spacial score (nSPS) is 11.2. The number of unbranched alkanes of at least 4 members (excludes halogenated alkanes) is 1. The quantitative estimate of drug-likeness (QED) is 0.342. The molecule has 0 radical (unpaired) electrons. The van der Waals surface area contributed by atoms with Gasteiger partial charge in [0.05, 0.1) is 13.2 Å². The number of rotatable bonds is 8. The first kappa shape index (κ1) is 16.1. The average Bonchev–Trinajstić information content (AvgIpc) is 2.45. The van der Waals surface area contributed by atoms with E-state index in [4.69, 9.17) is 9.47 Å². The Balaban J connectivity index is 2.76. The molecule has 0 spiro atoms. The Bertz CT molecular complexity index is 434. The van der Waals surface area contributed by atoms with Crippen molar-refractivity contribution in [2.75, 3.05) is 13.2 Å². The van der Waals surface area contributed by atoms with E-state index >= 15 is 0 Å². The molecule has 0 atom stereocenters. The van der Waals surface area contributed by atoms with Crippen molar-refractivity contribution in [2.24, 2.45) is 0 Å². The molecule has 0 amide bonds. The third-order valence-electron chi connectivity index (χ3n) is 2.58. The Morgan fingerprint density at radius 1 is 1.10 bits per heavy atom. The van der Waals surface area contributed by atoms with Crippen LogP contribution in [0.2, 0.25) is 0 Å². The molecule has 0 heterocycles. The minimum atomic E-state index is -0.444. The van der Waals surface area contributed by atoms with Crippen LogP contribution in [0.5, 0.6) is 5.75 Å². The first-order valence-corrected chi connectivity index (χ1v) is 6.98. The molecule has 0 bridgehead atoms. The molecule has 110 valence electrons. The number of carbonyl (C=O) groups excluding carboxylic acids is 1. The van der Waals surface area contributed by atoms with Crippen molar-refractivity contribution in [1.82, 2.24) is 0 Å². The number of hydrogen-bond donors (Lipinski definition) is 1. The van der Waals surface area contributed by atoms with Gasteiger partial charge in [0.15, 0.2) is 0 Å². The van der Waals surface area contributed by atoms with Crippen molar-refractivity contribution >= 4 is 12.0 Å². The van der Waals surface area contributed by atoms with Crippen LogP contribution in [-0.2, 0) is 14.3 Å². The number of esters is 1. The van der Waals surface area contributed by atoms with Crippen LogP contribution in [0.25, 0.3) is 6.08 Å². The Morgan fingerprint density at radius 3 is 2.40 bits per heavy atom. The lowest BCUT2D eigenvalue weighted by molar-refractivity contribution is -0.143. The number of hydrogen-bond acceptors (Lipinski definition) is 4. The van der Waals surface area contributed by atoms with Crippen molar-refractivity contribution in [3.05, 3.63) is 35.6 Å². The van der Waals surface area contributed by atoms with Gasteiger partial charge < -0.3 is 14.6 Å². The zero-order valence-electron chi connectivity index (χ0n) is 12.1. The minimum Gasteiger partial charge on any atom is -0.508 e. The fourth-order valence-corrected chi connectivity index (χ4v) is 1.47. The number of phenols is 1. The maximum atomic E-state index is 11.9. The average molecular weight is 278 g/mol. The summed E-state index contributed by atoms with van der Waals surface area (Å²) in [7, 11) is 0. The predicted molar refractivity (Wildman–Crippen MR) is 78.2 cm³/mol.